The molecule has 0 radical (unpaired) electrons. The van der Waals surface area contributed by atoms with Crippen LogP contribution in [-0.2, 0) is 14.8 Å². The van der Waals surface area contributed by atoms with E-state index in [2.05, 4.69) is 22.3 Å². The molecule has 1 amide bonds. The van der Waals surface area contributed by atoms with Crippen LogP contribution in [0, 0.1) is 18.8 Å². The van der Waals surface area contributed by atoms with Gasteiger partial charge in [0.15, 0.2) is 0 Å². The molecule has 1 fully saturated rings. The number of anilines is 1. The summed E-state index contributed by atoms with van der Waals surface area (Å²) in [5.74, 6) is 0.814. The second kappa shape index (κ2) is 8.09. The lowest BCUT2D eigenvalue weighted by Gasteiger charge is -2.28. The number of amides is 1. The van der Waals surface area contributed by atoms with Crippen LogP contribution < -0.4 is 15.4 Å². The van der Waals surface area contributed by atoms with Gasteiger partial charge in [-0.15, -0.1) is 0 Å². The molecule has 2 rings (SSSR count). The number of piperidine rings is 1. The van der Waals surface area contributed by atoms with Crippen LogP contribution in [0.2, 0.25) is 0 Å². The van der Waals surface area contributed by atoms with Crippen molar-refractivity contribution in [2.24, 2.45) is 11.8 Å². The number of nitrogens with one attached hydrogen (secondary N) is 3. The van der Waals surface area contributed by atoms with E-state index < -0.39 is 10.0 Å². The molecule has 1 unspecified atom stereocenters. The predicted octanol–water partition coefficient (Wildman–Crippen LogP) is 1.87. The van der Waals surface area contributed by atoms with E-state index in [4.69, 9.17) is 0 Å². The summed E-state index contributed by atoms with van der Waals surface area (Å²) in [5, 5.41) is 6.20. The SMILES string of the molecule is CNS(=O)(=O)c1cccc(NC(=O)CC(C)C2CCNCC2)c1C. The van der Waals surface area contributed by atoms with E-state index in [-0.39, 0.29) is 10.8 Å². The highest BCUT2D eigenvalue weighted by atomic mass is 32.2. The summed E-state index contributed by atoms with van der Waals surface area (Å²) in [5.41, 5.74) is 1.10. The molecule has 6 nitrogen and oxygen atoms in total. The minimum atomic E-state index is -3.54. The average Bonchev–Trinajstić information content (AvgIpc) is 2.57. The maximum atomic E-state index is 12.4. The van der Waals surface area contributed by atoms with Gasteiger partial charge in [-0.1, -0.05) is 13.0 Å². The van der Waals surface area contributed by atoms with E-state index in [0.717, 1.165) is 25.9 Å². The van der Waals surface area contributed by atoms with Gasteiger partial charge in [-0.25, -0.2) is 13.1 Å². The Kier molecular flexibility index (Phi) is 6.37. The summed E-state index contributed by atoms with van der Waals surface area (Å²) in [6.07, 6.45) is 2.65. The Morgan fingerprint density at radius 1 is 1.33 bits per heavy atom. The first-order chi connectivity index (χ1) is 11.3. The standard InChI is InChI=1S/C17H27N3O3S/c1-12(14-7-9-19-10-8-14)11-17(21)20-15-5-4-6-16(13(15)2)24(22,23)18-3/h4-6,12,14,18-19H,7-11H2,1-3H3,(H,20,21). The van der Waals surface area contributed by atoms with Crippen LogP contribution in [0.25, 0.3) is 0 Å². The van der Waals surface area contributed by atoms with Crippen LogP contribution in [-0.4, -0.2) is 34.5 Å². The third-order valence-corrected chi connectivity index (χ3v) is 6.37. The van der Waals surface area contributed by atoms with Crippen LogP contribution >= 0.6 is 0 Å². The highest BCUT2D eigenvalue weighted by molar-refractivity contribution is 7.89. The summed E-state index contributed by atoms with van der Waals surface area (Å²) in [6.45, 7) is 5.85. The van der Waals surface area contributed by atoms with Crippen molar-refractivity contribution in [2.45, 2.75) is 38.0 Å². The molecule has 134 valence electrons. The number of benzene rings is 1. The third kappa shape index (κ3) is 4.55. The number of carbonyl (C=O) groups excluding carboxylic acids is 1. The van der Waals surface area contributed by atoms with Gasteiger partial charge in [0.05, 0.1) is 4.90 Å². The Labute approximate surface area is 144 Å². The predicted molar refractivity (Wildman–Crippen MR) is 95.4 cm³/mol. The van der Waals surface area contributed by atoms with Gasteiger partial charge in [-0.2, -0.15) is 0 Å². The number of carbonyl (C=O) groups is 1. The van der Waals surface area contributed by atoms with Gasteiger partial charge in [0.1, 0.15) is 0 Å². The van der Waals surface area contributed by atoms with Gasteiger partial charge in [-0.05, 0) is 69.4 Å². The molecular weight excluding hydrogens is 326 g/mol. The topological polar surface area (TPSA) is 87.3 Å². The molecule has 1 saturated heterocycles. The largest absolute Gasteiger partial charge is 0.326 e. The third-order valence-electron chi connectivity index (χ3n) is 4.81. The Morgan fingerprint density at radius 2 is 2.00 bits per heavy atom. The Morgan fingerprint density at radius 3 is 2.62 bits per heavy atom. The molecule has 0 aliphatic carbocycles. The maximum Gasteiger partial charge on any atom is 0.240 e. The van der Waals surface area contributed by atoms with Gasteiger partial charge in [0.2, 0.25) is 15.9 Å². The zero-order valence-electron chi connectivity index (χ0n) is 14.6. The minimum Gasteiger partial charge on any atom is -0.326 e. The van der Waals surface area contributed by atoms with E-state index in [0.29, 0.717) is 29.5 Å². The second-order valence-corrected chi connectivity index (χ2v) is 8.31. The Bertz CT molecular complexity index is 682. The molecular formula is C17H27N3O3S. The smallest absolute Gasteiger partial charge is 0.240 e. The van der Waals surface area contributed by atoms with Crippen molar-refractivity contribution in [3.05, 3.63) is 23.8 Å². The highest BCUT2D eigenvalue weighted by Crippen LogP contribution is 2.26. The normalized spacial score (nSPS) is 17.5. The molecule has 1 aromatic rings. The lowest BCUT2D eigenvalue weighted by molar-refractivity contribution is -0.117. The molecule has 1 aliphatic heterocycles. The lowest BCUT2D eigenvalue weighted by Crippen LogP contribution is -2.32. The van der Waals surface area contributed by atoms with Gasteiger partial charge in [-0.3, -0.25) is 4.79 Å². The molecule has 3 N–H and O–H groups in total. The number of rotatable bonds is 6. The van der Waals surface area contributed by atoms with E-state index >= 15 is 0 Å². The Balaban J connectivity index is 2.05. The van der Waals surface area contributed by atoms with Crippen molar-refractivity contribution in [3.8, 4) is 0 Å². The molecule has 0 spiro atoms. The number of hydrogen-bond donors (Lipinski definition) is 3. The fourth-order valence-electron chi connectivity index (χ4n) is 3.22. The summed E-state index contributed by atoms with van der Waals surface area (Å²) in [7, 11) is -2.16. The van der Waals surface area contributed by atoms with Crippen LogP contribution in [0.3, 0.4) is 0 Å². The highest BCUT2D eigenvalue weighted by Gasteiger charge is 2.23. The van der Waals surface area contributed by atoms with E-state index in [9.17, 15) is 13.2 Å². The zero-order valence-corrected chi connectivity index (χ0v) is 15.4. The Hall–Kier alpha value is -1.44. The molecule has 7 heteroatoms. The quantitative estimate of drug-likeness (QED) is 0.728. The summed E-state index contributed by atoms with van der Waals surface area (Å²) >= 11 is 0. The van der Waals surface area contributed by atoms with Crippen LogP contribution in [0.1, 0.15) is 31.7 Å². The maximum absolute atomic E-state index is 12.4. The number of sulfonamides is 1. The van der Waals surface area contributed by atoms with Crippen molar-refractivity contribution in [3.63, 3.8) is 0 Å². The molecule has 0 bridgehead atoms. The van der Waals surface area contributed by atoms with Crippen LogP contribution in [0.5, 0.6) is 0 Å². The molecule has 0 aromatic heterocycles. The summed E-state index contributed by atoms with van der Waals surface area (Å²) in [6, 6.07) is 4.91. The molecule has 24 heavy (non-hydrogen) atoms. The molecule has 1 atom stereocenters. The second-order valence-electron chi connectivity index (χ2n) is 6.45. The van der Waals surface area contributed by atoms with Crippen molar-refractivity contribution in [2.75, 3.05) is 25.5 Å². The first kappa shape index (κ1) is 18.9. The van der Waals surface area contributed by atoms with Gasteiger partial charge < -0.3 is 10.6 Å². The van der Waals surface area contributed by atoms with E-state index in [1.165, 1.54) is 13.1 Å². The summed E-state index contributed by atoms with van der Waals surface area (Å²) < 4.78 is 26.3. The minimum absolute atomic E-state index is 0.0665. The van der Waals surface area contributed by atoms with Gasteiger partial charge >= 0.3 is 0 Å². The van der Waals surface area contributed by atoms with Crippen molar-refractivity contribution in [1.29, 1.82) is 0 Å². The molecule has 1 heterocycles. The molecule has 1 aromatic carbocycles. The first-order valence-electron chi connectivity index (χ1n) is 8.39. The fraction of sp³-hybridized carbons (Fsp3) is 0.588. The molecule has 0 saturated carbocycles. The lowest BCUT2D eigenvalue weighted by atomic mass is 9.84. The van der Waals surface area contributed by atoms with E-state index in [1.54, 1.807) is 19.1 Å². The van der Waals surface area contributed by atoms with Crippen molar-refractivity contribution < 1.29 is 13.2 Å². The van der Waals surface area contributed by atoms with Gasteiger partial charge in [0, 0.05) is 12.1 Å². The zero-order chi connectivity index (χ0) is 17.7. The van der Waals surface area contributed by atoms with Crippen molar-refractivity contribution >= 4 is 21.6 Å². The monoisotopic (exact) mass is 353 g/mol. The molecule has 1 aliphatic rings. The van der Waals surface area contributed by atoms with Crippen LogP contribution in [0.15, 0.2) is 23.1 Å². The van der Waals surface area contributed by atoms with Crippen molar-refractivity contribution in [1.82, 2.24) is 10.0 Å². The first-order valence-corrected chi connectivity index (χ1v) is 9.87. The van der Waals surface area contributed by atoms with E-state index in [1.807, 2.05) is 0 Å². The number of hydrogen-bond acceptors (Lipinski definition) is 4. The van der Waals surface area contributed by atoms with Gasteiger partial charge in [0.25, 0.3) is 0 Å². The summed E-state index contributed by atoms with van der Waals surface area (Å²) in [4.78, 5) is 12.5. The average molecular weight is 353 g/mol. The fourth-order valence-corrected chi connectivity index (χ4v) is 4.22. The van der Waals surface area contributed by atoms with Crippen LogP contribution in [0.4, 0.5) is 5.69 Å².